The van der Waals surface area contributed by atoms with E-state index in [9.17, 15) is 0 Å². The van der Waals surface area contributed by atoms with Crippen molar-refractivity contribution in [3.63, 3.8) is 0 Å². The summed E-state index contributed by atoms with van der Waals surface area (Å²) >= 11 is 1.73. The van der Waals surface area contributed by atoms with Gasteiger partial charge in [-0.1, -0.05) is 13.0 Å². The smallest absolute Gasteiger partial charge is 0.0602 e. The molecule has 0 aliphatic heterocycles. The van der Waals surface area contributed by atoms with Gasteiger partial charge < -0.3 is 5.32 Å². The molecule has 2 heterocycles. The summed E-state index contributed by atoms with van der Waals surface area (Å²) in [6.45, 7) is 5.14. The molecule has 2 nitrogen and oxygen atoms in total. The normalized spacial score (nSPS) is 12.6. The van der Waals surface area contributed by atoms with E-state index in [0.717, 1.165) is 12.2 Å². The Balaban J connectivity index is 2.37. The number of hydrogen-bond donors (Lipinski definition) is 1. The summed E-state index contributed by atoms with van der Waals surface area (Å²) in [6, 6.07) is 6.58. The van der Waals surface area contributed by atoms with Gasteiger partial charge in [-0.05, 0) is 47.5 Å². The Morgan fingerprint density at radius 1 is 1.44 bits per heavy atom. The Hall–Kier alpha value is -1.19. The number of aryl methyl sites for hydroxylation is 1. The highest BCUT2D eigenvalue weighted by atomic mass is 32.1. The van der Waals surface area contributed by atoms with Crippen molar-refractivity contribution in [3.05, 3.63) is 52.0 Å². The summed E-state index contributed by atoms with van der Waals surface area (Å²) in [6.07, 6.45) is 1.84. The quantitative estimate of drug-likeness (QED) is 0.876. The minimum atomic E-state index is 0.268. The predicted molar refractivity (Wildman–Crippen MR) is 68.8 cm³/mol. The number of pyridine rings is 1. The molecule has 1 unspecified atom stereocenters. The molecule has 3 heteroatoms. The SMILES string of the molecule is CCNC(c1ccsc1)c1cccnc1C. The van der Waals surface area contributed by atoms with Gasteiger partial charge in [0.2, 0.25) is 0 Å². The second kappa shape index (κ2) is 5.23. The van der Waals surface area contributed by atoms with E-state index in [-0.39, 0.29) is 6.04 Å². The third kappa shape index (κ3) is 2.31. The van der Waals surface area contributed by atoms with E-state index in [1.165, 1.54) is 11.1 Å². The molecule has 2 rings (SSSR count). The molecule has 0 saturated carbocycles. The summed E-state index contributed by atoms with van der Waals surface area (Å²) in [7, 11) is 0. The van der Waals surface area contributed by atoms with Gasteiger partial charge >= 0.3 is 0 Å². The summed E-state index contributed by atoms with van der Waals surface area (Å²) in [5.41, 5.74) is 3.69. The van der Waals surface area contributed by atoms with E-state index in [4.69, 9.17) is 0 Å². The van der Waals surface area contributed by atoms with E-state index in [1.54, 1.807) is 11.3 Å². The first-order valence-electron chi connectivity index (χ1n) is 5.50. The lowest BCUT2D eigenvalue weighted by molar-refractivity contribution is 0.626. The fourth-order valence-corrected chi connectivity index (χ4v) is 2.54. The minimum absolute atomic E-state index is 0.268. The number of nitrogens with one attached hydrogen (secondary N) is 1. The van der Waals surface area contributed by atoms with Crippen LogP contribution in [0.4, 0.5) is 0 Å². The average molecular weight is 232 g/mol. The van der Waals surface area contributed by atoms with Crippen LogP contribution in [0.5, 0.6) is 0 Å². The van der Waals surface area contributed by atoms with Gasteiger partial charge in [0, 0.05) is 11.9 Å². The summed E-state index contributed by atoms with van der Waals surface area (Å²) in [4.78, 5) is 4.36. The van der Waals surface area contributed by atoms with Crippen molar-refractivity contribution < 1.29 is 0 Å². The van der Waals surface area contributed by atoms with E-state index in [1.807, 2.05) is 12.3 Å². The van der Waals surface area contributed by atoms with Crippen molar-refractivity contribution in [2.24, 2.45) is 0 Å². The highest BCUT2D eigenvalue weighted by Gasteiger charge is 2.15. The Kier molecular flexibility index (Phi) is 3.70. The molecule has 0 spiro atoms. The number of aromatic nitrogens is 1. The van der Waals surface area contributed by atoms with Crippen LogP contribution in [-0.2, 0) is 0 Å². The molecule has 16 heavy (non-hydrogen) atoms. The van der Waals surface area contributed by atoms with Crippen molar-refractivity contribution in [2.45, 2.75) is 19.9 Å². The van der Waals surface area contributed by atoms with Gasteiger partial charge in [-0.25, -0.2) is 0 Å². The third-order valence-corrected chi connectivity index (χ3v) is 3.35. The van der Waals surface area contributed by atoms with Gasteiger partial charge in [0.05, 0.1) is 6.04 Å². The second-order valence-corrected chi connectivity index (χ2v) is 4.51. The zero-order valence-electron chi connectivity index (χ0n) is 9.60. The molecule has 0 aliphatic rings. The van der Waals surface area contributed by atoms with Crippen LogP contribution in [0.1, 0.15) is 29.8 Å². The van der Waals surface area contributed by atoms with Gasteiger partial charge in [-0.15, -0.1) is 0 Å². The summed E-state index contributed by atoms with van der Waals surface area (Å²) in [5.74, 6) is 0. The van der Waals surface area contributed by atoms with Crippen molar-refractivity contribution in [1.82, 2.24) is 10.3 Å². The highest BCUT2D eigenvalue weighted by Crippen LogP contribution is 2.25. The minimum Gasteiger partial charge on any atom is -0.306 e. The van der Waals surface area contributed by atoms with Crippen LogP contribution in [0, 0.1) is 6.92 Å². The first-order chi connectivity index (χ1) is 7.83. The monoisotopic (exact) mass is 232 g/mol. The third-order valence-electron chi connectivity index (χ3n) is 2.64. The van der Waals surface area contributed by atoms with Crippen LogP contribution >= 0.6 is 11.3 Å². The fraction of sp³-hybridized carbons (Fsp3) is 0.308. The molecule has 0 radical (unpaired) electrons. The maximum atomic E-state index is 4.36. The Morgan fingerprint density at radius 3 is 2.94 bits per heavy atom. The van der Waals surface area contributed by atoms with Crippen LogP contribution in [0.3, 0.4) is 0 Å². The van der Waals surface area contributed by atoms with E-state index >= 15 is 0 Å². The molecule has 0 aromatic carbocycles. The van der Waals surface area contributed by atoms with Gasteiger partial charge in [0.25, 0.3) is 0 Å². The van der Waals surface area contributed by atoms with Gasteiger partial charge in [0.15, 0.2) is 0 Å². The topological polar surface area (TPSA) is 24.9 Å². The molecule has 2 aromatic heterocycles. The number of thiophene rings is 1. The summed E-state index contributed by atoms with van der Waals surface area (Å²) < 4.78 is 0. The molecule has 0 saturated heterocycles. The lowest BCUT2D eigenvalue weighted by Crippen LogP contribution is -2.22. The van der Waals surface area contributed by atoms with Crippen LogP contribution in [0.15, 0.2) is 35.2 Å². The number of nitrogens with zero attached hydrogens (tertiary/aromatic N) is 1. The molecule has 0 amide bonds. The van der Waals surface area contributed by atoms with Crippen molar-refractivity contribution >= 4 is 11.3 Å². The predicted octanol–water partition coefficient (Wildman–Crippen LogP) is 3.15. The second-order valence-electron chi connectivity index (χ2n) is 3.73. The Labute approximate surface area is 100 Å². The average Bonchev–Trinajstić information content (AvgIpc) is 2.80. The van der Waals surface area contributed by atoms with Crippen LogP contribution < -0.4 is 5.32 Å². The van der Waals surface area contributed by atoms with E-state index in [2.05, 4.69) is 47.0 Å². The first kappa shape index (κ1) is 11.3. The maximum absolute atomic E-state index is 4.36. The standard InChI is InChI=1S/C13H16N2S/c1-3-14-13(11-6-8-16-9-11)12-5-4-7-15-10(12)2/h4-9,13-14H,3H2,1-2H3. The van der Waals surface area contributed by atoms with Crippen molar-refractivity contribution in [3.8, 4) is 0 Å². The Morgan fingerprint density at radius 2 is 2.31 bits per heavy atom. The van der Waals surface area contributed by atoms with Crippen molar-refractivity contribution in [1.29, 1.82) is 0 Å². The summed E-state index contributed by atoms with van der Waals surface area (Å²) in [5, 5.41) is 7.82. The molecular formula is C13H16N2S. The Bertz CT molecular complexity index is 437. The maximum Gasteiger partial charge on any atom is 0.0602 e. The molecular weight excluding hydrogens is 216 g/mol. The lowest BCUT2D eigenvalue weighted by Gasteiger charge is -2.18. The fourth-order valence-electron chi connectivity index (χ4n) is 1.85. The van der Waals surface area contributed by atoms with Gasteiger partial charge in [0.1, 0.15) is 0 Å². The van der Waals surface area contributed by atoms with Crippen molar-refractivity contribution in [2.75, 3.05) is 6.54 Å². The molecule has 1 atom stereocenters. The molecule has 0 fully saturated rings. The van der Waals surface area contributed by atoms with Gasteiger partial charge in [-0.3, -0.25) is 4.98 Å². The zero-order valence-corrected chi connectivity index (χ0v) is 10.4. The number of rotatable bonds is 4. The van der Waals surface area contributed by atoms with E-state index < -0.39 is 0 Å². The molecule has 0 aliphatic carbocycles. The molecule has 2 aromatic rings. The van der Waals surface area contributed by atoms with E-state index in [0.29, 0.717) is 0 Å². The molecule has 0 bridgehead atoms. The first-order valence-corrected chi connectivity index (χ1v) is 6.44. The zero-order chi connectivity index (χ0) is 11.4. The molecule has 84 valence electrons. The van der Waals surface area contributed by atoms with Gasteiger partial charge in [-0.2, -0.15) is 11.3 Å². The lowest BCUT2D eigenvalue weighted by atomic mass is 10.0. The van der Waals surface area contributed by atoms with Crippen LogP contribution in [-0.4, -0.2) is 11.5 Å². The highest BCUT2D eigenvalue weighted by molar-refractivity contribution is 7.08. The largest absolute Gasteiger partial charge is 0.306 e. The number of hydrogen-bond acceptors (Lipinski definition) is 3. The van der Waals surface area contributed by atoms with Crippen LogP contribution in [0.2, 0.25) is 0 Å². The molecule has 1 N–H and O–H groups in total. The van der Waals surface area contributed by atoms with Crippen LogP contribution in [0.25, 0.3) is 0 Å².